The van der Waals surface area contributed by atoms with Gasteiger partial charge >= 0.3 is 0 Å². The van der Waals surface area contributed by atoms with E-state index in [9.17, 15) is 14.7 Å². The quantitative estimate of drug-likeness (QED) is 0.722. The minimum atomic E-state index is -0.577. The van der Waals surface area contributed by atoms with Crippen LogP contribution in [0.1, 0.15) is 28.8 Å². The van der Waals surface area contributed by atoms with Crippen molar-refractivity contribution < 1.29 is 14.7 Å². The average Bonchev–Trinajstić information content (AvgIpc) is 3.35. The molecule has 0 spiro atoms. The number of benzene rings is 2. The molecule has 1 aliphatic rings. The van der Waals surface area contributed by atoms with Crippen molar-refractivity contribution in [2.75, 3.05) is 0 Å². The van der Waals surface area contributed by atoms with Gasteiger partial charge in [0, 0.05) is 4.47 Å². The highest BCUT2D eigenvalue weighted by molar-refractivity contribution is 9.10. The minimum Gasteiger partial charge on any atom is -0.507 e. The van der Waals surface area contributed by atoms with E-state index < -0.39 is 11.3 Å². The van der Waals surface area contributed by atoms with Crippen LogP contribution in [0, 0.1) is 0 Å². The second kappa shape index (κ2) is 6.04. The molecule has 5 nitrogen and oxygen atoms in total. The molecule has 1 aliphatic carbocycles. The van der Waals surface area contributed by atoms with E-state index in [0.717, 1.165) is 22.9 Å². The molecule has 3 rings (SSSR count). The molecular formula is C17H15BrN2O3. The Labute approximate surface area is 141 Å². The van der Waals surface area contributed by atoms with Crippen LogP contribution in [0.15, 0.2) is 53.0 Å². The van der Waals surface area contributed by atoms with E-state index in [1.807, 2.05) is 24.3 Å². The molecule has 1 saturated carbocycles. The SMILES string of the molecule is O=C(NNC(=O)C1(c2ccc(Br)cc2)CC1)c1ccccc1O. The molecule has 2 aromatic carbocycles. The van der Waals surface area contributed by atoms with Crippen molar-refractivity contribution in [2.24, 2.45) is 0 Å². The molecule has 0 aliphatic heterocycles. The lowest BCUT2D eigenvalue weighted by molar-refractivity contribution is -0.124. The van der Waals surface area contributed by atoms with Gasteiger partial charge in [-0.3, -0.25) is 20.4 Å². The zero-order valence-corrected chi connectivity index (χ0v) is 13.8. The summed E-state index contributed by atoms with van der Waals surface area (Å²) in [5.74, 6) is -0.931. The summed E-state index contributed by atoms with van der Waals surface area (Å²) in [6.07, 6.45) is 1.49. The first kappa shape index (κ1) is 15.6. The van der Waals surface area contributed by atoms with E-state index in [-0.39, 0.29) is 17.2 Å². The number of nitrogens with one attached hydrogen (secondary N) is 2. The number of hydrazine groups is 1. The monoisotopic (exact) mass is 374 g/mol. The van der Waals surface area contributed by atoms with E-state index in [4.69, 9.17) is 0 Å². The molecule has 3 N–H and O–H groups in total. The Balaban J connectivity index is 1.67. The van der Waals surface area contributed by atoms with Gasteiger partial charge in [0.05, 0.1) is 11.0 Å². The Morgan fingerprint density at radius 3 is 2.26 bits per heavy atom. The molecule has 2 aromatic rings. The highest BCUT2D eigenvalue weighted by Crippen LogP contribution is 2.48. The molecule has 0 atom stereocenters. The largest absolute Gasteiger partial charge is 0.507 e. The van der Waals surface area contributed by atoms with E-state index >= 15 is 0 Å². The first-order chi connectivity index (χ1) is 11.0. The maximum absolute atomic E-state index is 12.4. The van der Waals surface area contributed by atoms with Crippen molar-refractivity contribution >= 4 is 27.7 Å². The summed E-state index contributed by atoms with van der Waals surface area (Å²) in [7, 11) is 0. The first-order valence-corrected chi connectivity index (χ1v) is 7.97. The van der Waals surface area contributed by atoms with Gasteiger partial charge in [0.2, 0.25) is 5.91 Å². The van der Waals surface area contributed by atoms with Crippen molar-refractivity contribution in [1.29, 1.82) is 0 Å². The smallest absolute Gasteiger partial charge is 0.273 e. The van der Waals surface area contributed by atoms with Gasteiger partial charge in [0.1, 0.15) is 5.75 Å². The maximum Gasteiger partial charge on any atom is 0.273 e. The number of hydrogen-bond donors (Lipinski definition) is 3. The second-order valence-electron chi connectivity index (χ2n) is 5.51. The molecule has 23 heavy (non-hydrogen) atoms. The normalized spacial score (nSPS) is 14.8. The fourth-order valence-corrected chi connectivity index (χ4v) is 2.77. The maximum atomic E-state index is 12.4. The van der Waals surface area contributed by atoms with Gasteiger partial charge in [-0.05, 0) is 42.7 Å². The Morgan fingerprint density at radius 1 is 1.00 bits per heavy atom. The van der Waals surface area contributed by atoms with Crippen LogP contribution in [-0.4, -0.2) is 16.9 Å². The lowest BCUT2D eigenvalue weighted by Gasteiger charge is -2.16. The van der Waals surface area contributed by atoms with Gasteiger partial charge in [0.15, 0.2) is 0 Å². The number of aromatic hydroxyl groups is 1. The summed E-state index contributed by atoms with van der Waals surface area (Å²) >= 11 is 3.37. The standard InChI is InChI=1S/C17H15BrN2O3/c18-12-7-5-11(6-8-12)17(9-10-17)16(23)20-19-15(22)13-3-1-2-4-14(13)21/h1-8,21H,9-10H2,(H,19,22)(H,20,23). The third kappa shape index (κ3) is 3.07. The fraction of sp³-hybridized carbons (Fsp3) is 0.176. The Hall–Kier alpha value is -2.34. The average molecular weight is 375 g/mol. The molecule has 0 heterocycles. The summed E-state index contributed by atoms with van der Waals surface area (Å²) in [5, 5.41) is 9.64. The Morgan fingerprint density at radius 2 is 1.65 bits per heavy atom. The van der Waals surface area contributed by atoms with Crippen molar-refractivity contribution in [3.8, 4) is 5.75 Å². The number of carbonyl (C=O) groups excluding carboxylic acids is 2. The molecular weight excluding hydrogens is 360 g/mol. The molecule has 0 unspecified atom stereocenters. The van der Waals surface area contributed by atoms with Crippen LogP contribution in [-0.2, 0) is 10.2 Å². The summed E-state index contributed by atoms with van der Waals surface area (Å²) in [6.45, 7) is 0. The minimum absolute atomic E-state index is 0.112. The van der Waals surface area contributed by atoms with Crippen molar-refractivity contribution in [3.63, 3.8) is 0 Å². The molecule has 2 amide bonds. The van der Waals surface area contributed by atoms with Crippen LogP contribution in [0.3, 0.4) is 0 Å². The highest BCUT2D eigenvalue weighted by atomic mass is 79.9. The van der Waals surface area contributed by atoms with Crippen molar-refractivity contribution in [2.45, 2.75) is 18.3 Å². The number of hydrogen-bond acceptors (Lipinski definition) is 3. The lowest BCUT2D eigenvalue weighted by Crippen LogP contribution is -2.46. The third-order valence-electron chi connectivity index (χ3n) is 4.02. The predicted molar refractivity (Wildman–Crippen MR) is 88.8 cm³/mol. The van der Waals surface area contributed by atoms with E-state index in [2.05, 4.69) is 26.8 Å². The number of carbonyl (C=O) groups is 2. The topological polar surface area (TPSA) is 78.4 Å². The number of amides is 2. The zero-order valence-electron chi connectivity index (χ0n) is 12.2. The molecule has 0 radical (unpaired) electrons. The fourth-order valence-electron chi connectivity index (χ4n) is 2.51. The molecule has 118 valence electrons. The van der Waals surface area contributed by atoms with Gasteiger partial charge in [-0.1, -0.05) is 40.2 Å². The summed E-state index contributed by atoms with van der Waals surface area (Å²) < 4.78 is 0.949. The van der Waals surface area contributed by atoms with Crippen molar-refractivity contribution in [1.82, 2.24) is 10.9 Å². The molecule has 0 bridgehead atoms. The van der Waals surface area contributed by atoms with Crippen LogP contribution < -0.4 is 10.9 Å². The van der Waals surface area contributed by atoms with Gasteiger partial charge < -0.3 is 5.11 Å². The van der Waals surface area contributed by atoms with E-state index in [0.29, 0.717) is 0 Å². The third-order valence-corrected chi connectivity index (χ3v) is 4.55. The van der Waals surface area contributed by atoms with Crippen LogP contribution in [0.25, 0.3) is 0 Å². The van der Waals surface area contributed by atoms with Crippen molar-refractivity contribution in [3.05, 3.63) is 64.1 Å². The van der Waals surface area contributed by atoms with Crippen LogP contribution in [0.4, 0.5) is 0 Å². The highest BCUT2D eigenvalue weighted by Gasteiger charge is 2.51. The summed E-state index contributed by atoms with van der Waals surface area (Å²) in [5.41, 5.74) is 5.28. The molecule has 6 heteroatoms. The van der Waals surface area contributed by atoms with Gasteiger partial charge in [-0.25, -0.2) is 0 Å². The first-order valence-electron chi connectivity index (χ1n) is 7.18. The summed E-state index contributed by atoms with van der Waals surface area (Å²) in [4.78, 5) is 24.4. The Kier molecular flexibility index (Phi) is 4.09. The number of halogens is 1. The number of phenols is 1. The van der Waals surface area contributed by atoms with E-state index in [1.54, 1.807) is 12.1 Å². The lowest BCUT2D eigenvalue weighted by atomic mass is 9.95. The van der Waals surface area contributed by atoms with Gasteiger partial charge in [0.25, 0.3) is 5.91 Å². The van der Waals surface area contributed by atoms with Gasteiger partial charge in [-0.15, -0.1) is 0 Å². The van der Waals surface area contributed by atoms with Crippen LogP contribution in [0.2, 0.25) is 0 Å². The number of phenolic OH excluding ortho intramolecular Hbond substituents is 1. The zero-order chi connectivity index (χ0) is 16.4. The van der Waals surface area contributed by atoms with Gasteiger partial charge in [-0.2, -0.15) is 0 Å². The second-order valence-corrected chi connectivity index (χ2v) is 6.43. The van der Waals surface area contributed by atoms with Crippen LogP contribution in [0.5, 0.6) is 5.75 Å². The van der Waals surface area contributed by atoms with Crippen LogP contribution >= 0.6 is 15.9 Å². The van der Waals surface area contributed by atoms with E-state index in [1.165, 1.54) is 12.1 Å². The number of para-hydroxylation sites is 1. The molecule has 0 saturated heterocycles. The summed E-state index contributed by atoms with van der Waals surface area (Å²) in [6, 6.07) is 13.8. The molecule has 1 fully saturated rings. The number of rotatable bonds is 3. The predicted octanol–water partition coefficient (Wildman–Crippen LogP) is 2.65. The Bertz CT molecular complexity index is 755. The molecule has 0 aromatic heterocycles.